The number of carbonyl (C=O) groups is 1. The van der Waals surface area contributed by atoms with E-state index in [0.717, 1.165) is 44.6 Å². The maximum Gasteiger partial charge on any atom is 0.276 e. The molecule has 4 rings (SSSR count). The largest absolute Gasteiger partial charge is 0.441 e. The minimum atomic E-state index is 0. The van der Waals surface area contributed by atoms with E-state index in [2.05, 4.69) is 10.3 Å². The van der Waals surface area contributed by atoms with Gasteiger partial charge >= 0.3 is 0 Å². The minimum Gasteiger partial charge on any atom is -0.441 e. The lowest BCUT2D eigenvalue weighted by Gasteiger charge is -2.19. The first-order chi connectivity index (χ1) is 11.7. The van der Waals surface area contributed by atoms with Gasteiger partial charge in [0.2, 0.25) is 5.89 Å². The van der Waals surface area contributed by atoms with Gasteiger partial charge in [-0.05, 0) is 56.8 Å². The molecule has 2 aliphatic heterocycles. The van der Waals surface area contributed by atoms with Crippen LogP contribution in [0.5, 0.6) is 0 Å². The third-order valence-corrected chi connectivity index (χ3v) is 5.33. The highest BCUT2D eigenvalue weighted by Gasteiger charge is 2.33. The van der Waals surface area contributed by atoms with Crippen LogP contribution in [-0.4, -0.2) is 42.0 Å². The number of nitrogens with zero attached hydrogens (tertiary/aromatic N) is 2. The fourth-order valence-electron chi connectivity index (χ4n) is 3.87. The molecule has 2 atom stereocenters. The summed E-state index contributed by atoms with van der Waals surface area (Å²) in [4.78, 5) is 19.4. The van der Waals surface area contributed by atoms with Crippen LogP contribution in [0.25, 0.3) is 11.5 Å². The molecule has 0 aliphatic carbocycles. The molecule has 2 aromatic rings. The zero-order valence-electron chi connectivity index (χ0n) is 14.4. The van der Waals surface area contributed by atoms with Gasteiger partial charge in [0.25, 0.3) is 5.91 Å². The van der Waals surface area contributed by atoms with Crippen LogP contribution in [0, 0.1) is 18.8 Å². The van der Waals surface area contributed by atoms with E-state index in [0.29, 0.717) is 29.2 Å². The third kappa shape index (κ3) is 3.58. The quantitative estimate of drug-likeness (QED) is 0.892. The fraction of sp³-hybridized carbons (Fsp3) is 0.474. The van der Waals surface area contributed by atoms with Crippen LogP contribution in [0.4, 0.5) is 0 Å². The number of oxazole rings is 1. The van der Waals surface area contributed by atoms with Gasteiger partial charge < -0.3 is 14.6 Å². The van der Waals surface area contributed by atoms with Gasteiger partial charge in [0, 0.05) is 18.7 Å². The first-order valence-corrected chi connectivity index (χ1v) is 8.75. The maximum absolute atomic E-state index is 12.9. The topological polar surface area (TPSA) is 58.4 Å². The van der Waals surface area contributed by atoms with Gasteiger partial charge in [-0.25, -0.2) is 4.98 Å². The smallest absolute Gasteiger partial charge is 0.276 e. The predicted octanol–water partition coefficient (Wildman–Crippen LogP) is 3.14. The predicted molar refractivity (Wildman–Crippen MR) is 98.9 cm³/mol. The van der Waals surface area contributed by atoms with Crippen molar-refractivity contribution in [1.29, 1.82) is 0 Å². The molecule has 2 fully saturated rings. The van der Waals surface area contributed by atoms with E-state index < -0.39 is 0 Å². The molecule has 0 spiro atoms. The molecule has 0 unspecified atom stereocenters. The molecule has 2 aliphatic rings. The summed E-state index contributed by atoms with van der Waals surface area (Å²) in [5, 5.41) is 3.47. The molecule has 6 heteroatoms. The number of nitrogens with one attached hydrogen (secondary N) is 1. The molecule has 25 heavy (non-hydrogen) atoms. The summed E-state index contributed by atoms with van der Waals surface area (Å²) < 4.78 is 5.75. The average molecular weight is 362 g/mol. The average Bonchev–Trinajstić information content (AvgIpc) is 3.17. The first kappa shape index (κ1) is 18.0. The van der Waals surface area contributed by atoms with Crippen LogP contribution in [0.1, 0.15) is 29.1 Å². The Bertz CT molecular complexity index is 718. The normalized spacial score (nSPS) is 22.8. The van der Waals surface area contributed by atoms with Crippen LogP contribution in [-0.2, 0) is 0 Å². The molecule has 1 aromatic heterocycles. The van der Waals surface area contributed by atoms with Crippen molar-refractivity contribution in [3.8, 4) is 11.5 Å². The number of amides is 1. The van der Waals surface area contributed by atoms with E-state index in [4.69, 9.17) is 4.42 Å². The lowest BCUT2D eigenvalue weighted by atomic mass is 9.92. The van der Waals surface area contributed by atoms with E-state index in [1.807, 2.05) is 42.2 Å². The number of hydrogen-bond donors (Lipinski definition) is 1. The van der Waals surface area contributed by atoms with Crippen molar-refractivity contribution in [2.75, 3.05) is 26.2 Å². The molecular weight excluding hydrogens is 338 g/mol. The van der Waals surface area contributed by atoms with E-state index in [-0.39, 0.29) is 18.3 Å². The first-order valence-electron chi connectivity index (χ1n) is 8.75. The van der Waals surface area contributed by atoms with Crippen LogP contribution < -0.4 is 5.32 Å². The lowest BCUT2D eigenvalue weighted by Crippen LogP contribution is -2.33. The number of rotatable bonds is 2. The van der Waals surface area contributed by atoms with E-state index in [1.54, 1.807) is 0 Å². The van der Waals surface area contributed by atoms with Gasteiger partial charge in [-0.15, -0.1) is 12.4 Å². The van der Waals surface area contributed by atoms with E-state index in [1.165, 1.54) is 0 Å². The summed E-state index contributed by atoms with van der Waals surface area (Å²) in [5.41, 5.74) is 1.36. The van der Waals surface area contributed by atoms with E-state index >= 15 is 0 Å². The van der Waals surface area contributed by atoms with Crippen LogP contribution in [0.2, 0.25) is 0 Å². The monoisotopic (exact) mass is 361 g/mol. The Kier molecular flexibility index (Phi) is 5.45. The van der Waals surface area contributed by atoms with Crippen molar-refractivity contribution in [1.82, 2.24) is 15.2 Å². The highest BCUT2D eigenvalue weighted by atomic mass is 35.5. The van der Waals surface area contributed by atoms with Gasteiger partial charge in [-0.1, -0.05) is 18.2 Å². The number of hydrogen-bond acceptors (Lipinski definition) is 4. The summed E-state index contributed by atoms with van der Waals surface area (Å²) >= 11 is 0. The zero-order chi connectivity index (χ0) is 16.5. The molecule has 5 nitrogen and oxygen atoms in total. The number of aromatic nitrogens is 1. The molecule has 0 bridgehead atoms. The van der Waals surface area contributed by atoms with Crippen LogP contribution in [0.3, 0.4) is 0 Å². The summed E-state index contributed by atoms with van der Waals surface area (Å²) in [5.74, 6) is 2.55. The van der Waals surface area contributed by atoms with Gasteiger partial charge in [0.1, 0.15) is 5.76 Å². The Labute approximate surface area is 154 Å². The molecule has 3 heterocycles. The summed E-state index contributed by atoms with van der Waals surface area (Å²) in [6.07, 6.45) is 2.15. The highest BCUT2D eigenvalue weighted by Crippen LogP contribution is 2.28. The summed E-state index contributed by atoms with van der Waals surface area (Å²) in [6.45, 7) is 5.63. The second-order valence-electron chi connectivity index (χ2n) is 6.84. The van der Waals surface area contributed by atoms with Gasteiger partial charge in [-0.2, -0.15) is 0 Å². The molecule has 1 amide bonds. The molecule has 134 valence electrons. The maximum atomic E-state index is 12.9. The van der Waals surface area contributed by atoms with Crippen molar-refractivity contribution in [2.24, 2.45) is 11.8 Å². The van der Waals surface area contributed by atoms with Crippen LogP contribution >= 0.6 is 12.4 Å². The number of likely N-dealkylation sites (tertiary alicyclic amines) is 1. The molecule has 1 N–H and O–H groups in total. The van der Waals surface area contributed by atoms with Crippen molar-refractivity contribution in [3.05, 3.63) is 41.8 Å². The molecule has 2 saturated heterocycles. The SMILES string of the molecule is Cc1oc(-c2ccccc2)nc1C(=O)N1CC[C@@H]2CNC[C@@H]2CC1.Cl. The second-order valence-corrected chi connectivity index (χ2v) is 6.84. The second kappa shape index (κ2) is 7.58. The van der Waals surface area contributed by atoms with Crippen LogP contribution in [0.15, 0.2) is 34.7 Å². The number of halogens is 1. The van der Waals surface area contributed by atoms with Gasteiger partial charge in [0.15, 0.2) is 5.69 Å². The Morgan fingerprint density at radius 1 is 1.16 bits per heavy atom. The standard InChI is InChI=1S/C19H23N3O2.ClH/c1-13-17(21-18(24-13)14-5-3-2-4-6-14)19(23)22-9-7-15-11-20-12-16(15)8-10-22;/h2-6,15-16,20H,7-12H2,1H3;1H/t15-,16+;. The van der Waals surface area contributed by atoms with Crippen molar-refractivity contribution >= 4 is 18.3 Å². The highest BCUT2D eigenvalue weighted by molar-refractivity contribution is 5.93. The zero-order valence-corrected chi connectivity index (χ0v) is 15.2. The number of benzene rings is 1. The van der Waals surface area contributed by atoms with Crippen molar-refractivity contribution in [3.63, 3.8) is 0 Å². The lowest BCUT2D eigenvalue weighted by molar-refractivity contribution is 0.0751. The van der Waals surface area contributed by atoms with Crippen molar-refractivity contribution in [2.45, 2.75) is 19.8 Å². The summed E-state index contributed by atoms with van der Waals surface area (Å²) in [6, 6.07) is 9.73. The molecule has 0 radical (unpaired) electrons. The molecule has 0 saturated carbocycles. The Balaban J connectivity index is 0.00000182. The van der Waals surface area contributed by atoms with E-state index in [9.17, 15) is 4.79 Å². The Morgan fingerprint density at radius 3 is 2.44 bits per heavy atom. The fourth-order valence-corrected chi connectivity index (χ4v) is 3.87. The summed E-state index contributed by atoms with van der Waals surface area (Å²) in [7, 11) is 0. The number of fused-ring (bicyclic) bond motifs is 1. The minimum absolute atomic E-state index is 0. The van der Waals surface area contributed by atoms with Gasteiger partial charge in [0.05, 0.1) is 0 Å². The number of carbonyl (C=O) groups excluding carboxylic acids is 1. The Morgan fingerprint density at radius 2 is 1.80 bits per heavy atom. The molecule has 1 aromatic carbocycles. The number of aryl methyl sites for hydroxylation is 1. The molecular formula is C19H24ClN3O2. The Hall–Kier alpha value is -1.85. The van der Waals surface area contributed by atoms with Gasteiger partial charge in [-0.3, -0.25) is 4.79 Å². The third-order valence-electron chi connectivity index (χ3n) is 5.33. The van der Waals surface area contributed by atoms with Crippen molar-refractivity contribution < 1.29 is 9.21 Å².